The molecule has 1 amide bonds. The number of thioether (sulfide) groups is 1. The van der Waals surface area contributed by atoms with Crippen LogP contribution < -0.4 is 0 Å². The number of hydrogen-bond donors (Lipinski definition) is 0. The van der Waals surface area contributed by atoms with E-state index in [9.17, 15) is 13.6 Å². The molecule has 0 aliphatic rings. The predicted molar refractivity (Wildman–Crippen MR) is 93.2 cm³/mol. The fourth-order valence-corrected chi connectivity index (χ4v) is 4.04. The second-order valence-corrected chi connectivity index (χ2v) is 7.32. The van der Waals surface area contributed by atoms with Gasteiger partial charge in [0, 0.05) is 11.9 Å². The van der Waals surface area contributed by atoms with Crippen molar-refractivity contribution in [1.29, 1.82) is 0 Å². The molecule has 0 bridgehead atoms. The van der Waals surface area contributed by atoms with Crippen molar-refractivity contribution in [3.05, 3.63) is 59.1 Å². The molecule has 0 spiro atoms. The quantitative estimate of drug-likeness (QED) is 0.632. The number of carbonyl (C=O) groups is 1. The average Bonchev–Trinajstić information content (AvgIpc) is 2.97. The molecule has 3 aromatic rings. The summed E-state index contributed by atoms with van der Waals surface area (Å²) in [5.41, 5.74) is 0.912. The number of rotatable bonds is 5. The maximum Gasteiger partial charge on any atom is 0.233 e. The van der Waals surface area contributed by atoms with Gasteiger partial charge < -0.3 is 4.90 Å². The Bertz CT molecular complexity index is 849. The Morgan fingerprint density at radius 1 is 1.25 bits per heavy atom. The lowest BCUT2D eigenvalue weighted by Gasteiger charge is -2.15. The van der Waals surface area contributed by atoms with E-state index >= 15 is 0 Å². The van der Waals surface area contributed by atoms with Crippen LogP contribution in [0.4, 0.5) is 8.78 Å². The Hall–Kier alpha value is -1.99. The number of halogens is 2. The topological polar surface area (TPSA) is 33.2 Å². The molecule has 3 nitrogen and oxygen atoms in total. The van der Waals surface area contributed by atoms with Crippen molar-refractivity contribution in [3.8, 4) is 0 Å². The standard InChI is InChI=1S/C17H14F2N2OS2/c1-21(9-16-20-13-4-2-3-5-14(13)24-16)17(22)10-23-15-8-11(18)6-7-12(15)19/h2-8H,9-10H2,1H3. The molecule has 2 aromatic carbocycles. The van der Waals surface area contributed by atoms with E-state index in [0.717, 1.165) is 45.2 Å². The monoisotopic (exact) mass is 364 g/mol. The average molecular weight is 364 g/mol. The zero-order chi connectivity index (χ0) is 17.1. The van der Waals surface area contributed by atoms with Crippen LogP contribution in [0.15, 0.2) is 47.4 Å². The van der Waals surface area contributed by atoms with E-state index in [-0.39, 0.29) is 16.6 Å². The van der Waals surface area contributed by atoms with E-state index in [1.54, 1.807) is 23.3 Å². The first-order chi connectivity index (χ1) is 11.5. The zero-order valence-corrected chi connectivity index (χ0v) is 14.5. The van der Waals surface area contributed by atoms with Gasteiger partial charge in [0.25, 0.3) is 0 Å². The highest BCUT2D eigenvalue weighted by molar-refractivity contribution is 8.00. The molecule has 0 aliphatic heterocycles. The SMILES string of the molecule is CN(Cc1nc2ccccc2s1)C(=O)CSc1cc(F)ccc1F. The van der Waals surface area contributed by atoms with Gasteiger partial charge in [0.15, 0.2) is 0 Å². The first kappa shape index (κ1) is 16.9. The van der Waals surface area contributed by atoms with E-state index in [0.29, 0.717) is 6.54 Å². The van der Waals surface area contributed by atoms with Crippen molar-refractivity contribution in [2.45, 2.75) is 11.4 Å². The zero-order valence-electron chi connectivity index (χ0n) is 12.8. The van der Waals surface area contributed by atoms with Crippen molar-refractivity contribution in [2.75, 3.05) is 12.8 Å². The lowest BCUT2D eigenvalue weighted by atomic mass is 10.3. The Morgan fingerprint density at radius 2 is 2.04 bits per heavy atom. The minimum absolute atomic E-state index is 0.0434. The van der Waals surface area contributed by atoms with Crippen molar-refractivity contribution in [1.82, 2.24) is 9.88 Å². The molecule has 0 N–H and O–H groups in total. The maximum absolute atomic E-state index is 13.6. The normalized spacial score (nSPS) is 11.0. The van der Waals surface area contributed by atoms with Crippen LogP contribution in [0.5, 0.6) is 0 Å². The molecule has 0 aliphatic carbocycles. The second kappa shape index (κ2) is 7.27. The Kier molecular flexibility index (Phi) is 5.11. The summed E-state index contributed by atoms with van der Waals surface area (Å²) in [7, 11) is 1.68. The van der Waals surface area contributed by atoms with Crippen molar-refractivity contribution >= 4 is 39.2 Å². The number of aromatic nitrogens is 1. The van der Waals surface area contributed by atoms with Gasteiger partial charge in [-0.1, -0.05) is 12.1 Å². The third kappa shape index (κ3) is 3.91. The molecule has 0 unspecified atom stereocenters. The number of carbonyl (C=O) groups excluding carboxylic acids is 1. The molecule has 0 atom stereocenters. The van der Waals surface area contributed by atoms with E-state index in [2.05, 4.69) is 4.98 Å². The lowest BCUT2D eigenvalue weighted by molar-refractivity contribution is -0.127. The second-order valence-electron chi connectivity index (χ2n) is 5.19. The van der Waals surface area contributed by atoms with Gasteiger partial charge in [-0.25, -0.2) is 13.8 Å². The molecule has 124 valence electrons. The van der Waals surface area contributed by atoms with Gasteiger partial charge in [-0.2, -0.15) is 0 Å². The summed E-state index contributed by atoms with van der Waals surface area (Å²) in [6, 6.07) is 11.0. The molecule has 0 fully saturated rings. The largest absolute Gasteiger partial charge is 0.338 e. The molecule has 1 aromatic heterocycles. The number of thiazole rings is 1. The third-order valence-corrected chi connectivity index (χ3v) is 5.42. The Balaban J connectivity index is 1.61. The summed E-state index contributed by atoms with van der Waals surface area (Å²) in [5.74, 6) is -1.16. The van der Waals surface area contributed by atoms with Gasteiger partial charge in [0.1, 0.15) is 16.6 Å². The van der Waals surface area contributed by atoms with Crippen LogP contribution in [0.3, 0.4) is 0 Å². The highest BCUT2D eigenvalue weighted by Crippen LogP contribution is 2.24. The van der Waals surface area contributed by atoms with Crippen molar-refractivity contribution < 1.29 is 13.6 Å². The van der Waals surface area contributed by atoms with Crippen LogP contribution in [0.1, 0.15) is 5.01 Å². The summed E-state index contributed by atoms with van der Waals surface area (Å²) < 4.78 is 27.8. The van der Waals surface area contributed by atoms with Crippen molar-refractivity contribution in [3.63, 3.8) is 0 Å². The summed E-state index contributed by atoms with van der Waals surface area (Å²) in [6.45, 7) is 0.393. The molecule has 0 saturated carbocycles. The molecular formula is C17H14F2N2OS2. The van der Waals surface area contributed by atoms with Gasteiger partial charge in [-0.3, -0.25) is 4.79 Å². The Labute approximate surface area is 146 Å². The summed E-state index contributed by atoms with van der Waals surface area (Å²) in [4.78, 5) is 18.4. The third-order valence-electron chi connectivity index (χ3n) is 3.38. The fourth-order valence-electron chi connectivity index (χ4n) is 2.12. The van der Waals surface area contributed by atoms with Gasteiger partial charge in [-0.05, 0) is 30.3 Å². The number of benzene rings is 2. The lowest BCUT2D eigenvalue weighted by Crippen LogP contribution is -2.27. The molecular weight excluding hydrogens is 350 g/mol. The van der Waals surface area contributed by atoms with Crippen LogP contribution in [0.2, 0.25) is 0 Å². The van der Waals surface area contributed by atoms with Gasteiger partial charge >= 0.3 is 0 Å². The van der Waals surface area contributed by atoms with Crippen LogP contribution in [-0.4, -0.2) is 28.6 Å². The van der Waals surface area contributed by atoms with Gasteiger partial charge in [0.05, 0.1) is 22.5 Å². The van der Waals surface area contributed by atoms with Gasteiger partial charge in [0.2, 0.25) is 5.91 Å². The summed E-state index contributed by atoms with van der Waals surface area (Å²) in [5, 5.41) is 0.842. The number of para-hydroxylation sites is 1. The van der Waals surface area contributed by atoms with E-state index in [1.165, 1.54) is 0 Å². The van der Waals surface area contributed by atoms with E-state index in [1.807, 2.05) is 24.3 Å². The first-order valence-electron chi connectivity index (χ1n) is 7.19. The minimum Gasteiger partial charge on any atom is -0.338 e. The van der Waals surface area contributed by atoms with Crippen LogP contribution in [0, 0.1) is 11.6 Å². The first-order valence-corrected chi connectivity index (χ1v) is 8.99. The number of fused-ring (bicyclic) bond motifs is 1. The molecule has 24 heavy (non-hydrogen) atoms. The van der Waals surface area contributed by atoms with E-state index < -0.39 is 11.6 Å². The fraction of sp³-hybridized carbons (Fsp3) is 0.176. The van der Waals surface area contributed by atoms with Gasteiger partial charge in [-0.15, -0.1) is 23.1 Å². The van der Waals surface area contributed by atoms with Crippen LogP contribution >= 0.6 is 23.1 Å². The van der Waals surface area contributed by atoms with Crippen LogP contribution in [-0.2, 0) is 11.3 Å². The molecule has 0 saturated heterocycles. The van der Waals surface area contributed by atoms with E-state index in [4.69, 9.17) is 0 Å². The number of hydrogen-bond acceptors (Lipinski definition) is 4. The molecule has 0 radical (unpaired) electrons. The summed E-state index contributed by atoms with van der Waals surface area (Å²) in [6.07, 6.45) is 0. The Morgan fingerprint density at radius 3 is 2.83 bits per heavy atom. The molecule has 7 heteroatoms. The number of nitrogens with zero attached hydrogens (tertiary/aromatic N) is 2. The van der Waals surface area contributed by atoms with Crippen molar-refractivity contribution in [2.24, 2.45) is 0 Å². The molecule has 1 heterocycles. The predicted octanol–water partition coefficient (Wildman–Crippen LogP) is 4.33. The highest BCUT2D eigenvalue weighted by atomic mass is 32.2. The highest BCUT2D eigenvalue weighted by Gasteiger charge is 2.14. The maximum atomic E-state index is 13.6. The van der Waals surface area contributed by atoms with Crippen LogP contribution in [0.25, 0.3) is 10.2 Å². The number of amides is 1. The summed E-state index contributed by atoms with van der Waals surface area (Å²) >= 11 is 2.53. The molecule has 3 rings (SSSR count). The smallest absolute Gasteiger partial charge is 0.233 e. The minimum atomic E-state index is -0.525.